The lowest BCUT2D eigenvalue weighted by Crippen LogP contribution is -2.29. The molecule has 0 heterocycles. The molecule has 3 heteroatoms. The number of nitrogens with zero attached hydrogens (tertiary/aromatic N) is 1. The Labute approximate surface area is 104 Å². The van der Waals surface area contributed by atoms with Crippen LogP contribution in [-0.2, 0) is 5.41 Å². The van der Waals surface area contributed by atoms with Crippen LogP contribution in [0.3, 0.4) is 0 Å². The van der Waals surface area contributed by atoms with Crippen molar-refractivity contribution in [2.75, 3.05) is 31.2 Å². The van der Waals surface area contributed by atoms with Crippen LogP contribution in [-0.4, -0.2) is 36.5 Å². The summed E-state index contributed by atoms with van der Waals surface area (Å²) in [6.45, 7) is 7.84. The van der Waals surface area contributed by atoms with Crippen LogP contribution < -0.4 is 4.90 Å². The van der Waals surface area contributed by atoms with E-state index in [2.05, 4.69) is 32.9 Å². The van der Waals surface area contributed by atoms with E-state index in [1.54, 1.807) is 0 Å². The van der Waals surface area contributed by atoms with Crippen LogP contribution in [0.1, 0.15) is 26.3 Å². The molecule has 96 valence electrons. The first-order valence-corrected chi connectivity index (χ1v) is 6.06. The van der Waals surface area contributed by atoms with Gasteiger partial charge in [0.05, 0.1) is 13.2 Å². The Bertz CT molecular complexity index is 321. The van der Waals surface area contributed by atoms with Gasteiger partial charge in [0.25, 0.3) is 0 Å². The van der Waals surface area contributed by atoms with Gasteiger partial charge in [-0.05, 0) is 23.1 Å². The second-order valence-electron chi connectivity index (χ2n) is 5.23. The molecule has 0 aliphatic carbocycles. The van der Waals surface area contributed by atoms with Gasteiger partial charge in [-0.2, -0.15) is 0 Å². The molecular formula is C14H23NO2. The van der Waals surface area contributed by atoms with E-state index < -0.39 is 0 Å². The highest BCUT2D eigenvalue weighted by molar-refractivity contribution is 5.48. The van der Waals surface area contributed by atoms with Crippen LogP contribution in [0.2, 0.25) is 0 Å². The van der Waals surface area contributed by atoms with Crippen molar-refractivity contribution in [3.8, 4) is 0 Å². The lowest BCUT2D eigenvalue weighted by atomic mass is 9.87. The number of hydrogen-bond acceptors (Lipinski definition) is 3. The Balaban J connectivity index is 2.84. The van der Waals surface area contributed by atoms with Crippen molar-refractivity contribution in [2.24, 2.45) is 0 Å². The number of rotatable bonds is 5. The van der Waals surface area contributed by atoms with Gasteiger partial charge in [-0.3, -0.25) is 0 Å². The van der Waals surface area contributed by atoms with E-state index >= 15 is 0 Å². The Morgan fingerprint density at radius 1 is 0.941 bits per heavy atom. The third-order valence-electron chi connectivity index (χ3n) is 2.84. The highest BCUT2D eigenvalue weighted by Crippen LogP contribution is 2.24. The van der Waals surface area contributed by atoms with Gasteiger partial charge in [0.15, 0.2) is 0 Å². The van der Waals surface area contributed by atoms with Gasteiger partial charge in [-0.1, -0.05) is 32.9 Å². The zero-order valence-corrected chi connectivity index (χ0v) is 11.0. The van der Waals surface area contributed by atoms with E-state index in [0.29, 0.717) is 13.1 Å². The molecule has 1 aromatic carbocycles. The van der Waals surface area contributed by atoms with Crippen molar-refractivity contribution >= 4 is 5.69 Å². The minimum atomic E-state index is 0.0982. The van der Waals surface area contributed by atoms with E-state index in [4.69, 9.17) is 10.2 Å². The standard InChI is InChI=1S/C14H23NO2/c1-14(2,3)12-4-6-13(7-5-12)15(8-10-16)9-11-17/h4-7,16-17H,8-11H2,1-3H3. The van der Waals surface area contributed by atoms with E-state index in [1.807, 2.05) is 17.0 Å². The lowest BCUT2D eigenvalue weighted by molar-refractivity contribution is 0.281. The monoisotopic (exact) mass is 237 g/mol. The van der Waals surface area contributed by atoms with Crippen LogP contribution in [0.5, 0.6) is 0 Å². The number of aliphatic hydroxyl groups is 2. The zero-order valence-electron chi connectivity index (χ0n) is 11.0. The molecule has 0 aliphatic heterocycles. The number of hydrogen-bond donors (Lipinski definition) is 2. The Morgan fingerprint density at radius 3 is 1.76 bits per heavy atom. The molecule has 0 saturated carbocycles. The predicted molar refractivity (Wildman–Crippen MR) is 71.5 cm³/mol. The fourth-order valence-corrected chi connectivity index (χ4v) is 1.78. The van der Waals surface area contributed by atoms with Gasteiger partial charge < -0.3 is 15.1 Å². The summed E-state index contributed by atoms with van der Waals surface area (Å²) >= 11 is 0. The molecule has 0 unspecified atom stereocenters. The maximum Gasteiger partial charge on any atom is 0.0606 e. The summed E-state index contributed by atoms with van der Waals surface area (Å²) < 4.78 is 0. The first kappa shape index (κ1) is 14.0. The van der Waals surface area contributed by atoms with E-state index in [-0.39, 0.29) is 18.6 Å². The maximum atomic E-state index is 8.99. The number of aliphatic hydroxyl groups excluding tert-OH is 2. The molecule has 0 atom stereocenters. The van der Waals surface area contributed by atoms with Crippen molar-refractivity contribution in [1.82, 2.24) is 0 Å². The fraction of sp³-hybridized carbons (Fsp3) is 0.571. The molecule has 17 heavy (non-hydrogen) atoms. The summed E-state index contributed by atoms with van der Waals surface area (Å²) in [5.41, 5.74) is 2.48. The molecule has 0 saturated heterocycles. The van der Waals surface area contributed by atoms with Gasteiger partial charge in [0.1, 0.15) is 0 Å². The van der Waals surface area contributed by atoms with Crippen molar-refractivity contribution in [2.45, 2.75) is 26.2 Å². The van der Waals surface area contributed by atoms with E-state index in [0.717, 1.165) is 5.69 Å². The summed E-state index contributed by atoms with van der Waals surface area (Å²) in [6, 6.07) is 8.31. The number of benzene rings is 1. The van der Waals surface area contributed by atoms with Crippen molar-refractivity contribution in [1.29, 1.82) is 0 Å². The molecule has 1 aromatic rings. The molecule has 0 aromatic heterocycles. The first-order valence-electron chi connectivity index (χ1n) is 6.06. The summed E-state index contributed by atoms with van der Waals surface area (Å²) in [5.74, 6) is 0. The van der Waals surface area contributed by atoms with Crippen LogP contribution >= 0.6 is 0 Å². The van der Waals surface area contributed by atoms with Gasteiger partial charge in [0, 0.05) is 18.8 Å². The highest BCUT2D eigenvalue weighted by Gasteiger charge is 2.13. The average molecular weight is 237 g/mol. The van der Waals surface area contributed by atoms with Gasteiger partial charge in [0.2, 0.25) is 0 Å². The SMILES string of the molecule is CC(C)(C)c1ccc(N(CCO)CCO)cc1. The first-order chi connectivity index (χ1) is 7.99. The smallest absolute Gasteiger partial charge is 0.0606 e. The third-order valence-corrected chi connectivity index (χ3v) is 2.84. The fourth-order valence-electron chi connectivity index (χ4n) is 1.78. The van der Waals surface area contributed by atoms with Crippen LogP contribution in [0.4, 0.5) is 5.69 Å². The maximum absolute atomic E-state index is 8.99. The van der Waals surface area contributed by atoms with Crippen molar-refractivity contribution < 1.29 is 10.2 Å². The molecular weight excluding hydrogens is 214 g/mol. The minimum Gasteiger partial charge on any atom is -0.395 e. The summed E-state index contributed by atoms with van der Waals surface area (Å²) in [4.78, 5) is 1.98. The van der Waals surface area contributed by atoms with Crippen LogP contribution in [0.15, 0.2) is 24.3 Å². The van der Waals surface area contributed by atoms with Crippen LogP contribution in [0, 0.1) is 0 Å². The van der Waals surface area contributed by atoms with E-state index in [1.165, 1.54) is 5.56 Å². The Morgan fingerprint density at radius 2 is 1.41 bits per heavy atom. The molecule has 0 amide bonds. The largest absolute Gasteiger partial charge is 0.395 e. The van der Waals surface area contributed by atoms with Gasteiger partial charge >= 0.3 is 0 Å². The Hall–Kier alpha value is -1.06. The summed E-state index contributed by atoms with van der Waals surface area (Å²) in [7, 11) is 0. The van der Waals surface area contributed by atoms with Crippen LogP contribution in [0.25, 0.3) is 0 Å². The Kier molecular flexibility index (Phi) is 4.97. The van der Waals surface area contributed by atoms with E-state index in [9.17, 15) is 0 Å². The summed E-state index contributed by atoms with van der Waals surface area (Å²) in [5, 5.41) is 18.0. The van der Waals surface area contributed by atoms with Gasteiger partial charge in [-0.25, -0.2) is 0 Å². The lowest BCUT2D eigenvalue weighted by Gasteiger charge is -2.25. The van der Waals surface area contributed by atoms with Gasteiger partial charge in [-0.15, -0.1) is 0 Å². The molecule has 0 radical (unpaired) electrons. The number of anilines is 1. The molecule has 0 fully saturated rings. The molecule has 0 spiro atoms. The quantitative estimate of drug-likeness (QED) is 0.820. The molecule has 1 rings (SSSR count). The van der Waals surface area contributed by atoms with Crippen molar-refractivity contribution in [3.05, 3.63) is 29.8 Å². The third kappa shape index (κ3) is 4.02. The minimum absolute atomic E-state index is 0.0982. The molecule has 0 bridgehead atoms. The second-order valence-corrected chi connectivity index (χ2v) is 5.23. The zero-order chi connectivity index (χ0) is 12.9. The predicted octanol–water partition coefficient (Wildman–Crippen LogP) is 1.78. The molecule has 0 aliphatic rings. The summed E-state index contributed by atoms with van der Waals surface area (Å²) in [6.07, 6.45) is 0. The highest BCUT2D eigenvalue weighted by atomic mass is 16.3. The molecule has 2 N–H and O–H groups in total. The second kappa shape index (κ2) is 6.03. The topological polar surface area (TPSA) is 43.7 Å². The average Bonchev–Trinajstić information content (AvgIpc) is 2.28. The molecule has 3 nitrogen and oxygen atoms in total. The van der Waals surface area contributed by atoms with Crippen molar-refractivity contribution in [3.63, 3.8) is 0 Å². The normalized spacial score (nSPS) is 11.6.